The molecular weight excluding hydrogens is 372 g/mol. The molecule has 1 aromatic rings. The van der Waals surface area contributed by atoms with Crippen LogP contribution in [-0.4, -0.2) is 48.3 Å². The van der Waals surface area contributed by atoms with Gasteiger partial charge in [-0.3, -0.25) is 4.79 Å². The monoisotopic (exact) mass is 402 g/mol. The largest absolute Gasteiger partial charge is 0.387 e. The molecule has 3 N–H and O–H groups in total. The molecule has 1 aliphatic heterocycles. The fourth-order valence-electron chi connectivity index (χ4n) is 4.21. The van der Waals surface area contributed by atoms with Crippen LogP contribution in [0.3, 0.4) is 0 Å². The normalized spacial score (nSPS) is 23.9. The van der Waals surface area contributed by atoms with Gasteiger partial charge in [0.25, 0.3) is 0 Å². The van der Waals surface area contributed by atoms with Crippen LogP contribution >= 0.6 is 23.7 Å². The predicted molar refractivity (Wildman–Crippen MR) is 107 cm³/mol. The van der Waals surface area contributed by atoms with Crippen LogP contribution in [0.4, 0.5) is 0 Å². The van der Waals surface area contributed by atoms with E-state index < -0.39 is 6.10 Å². The summed E-state index contributed by atoms with van der Waals surface area (Å²) in [5.74, 6) is 0.180. The van der Waals surface area contributed by atoms with E-state index in [0.717, 1.165) is 17.7 Å². The second kappa shape index (κ2) is 10.0. The first-order valence-corrected chi connectivity index (χ1v) is 10.3. The van der Waals surface area contributed by atoms with Crippen LogP contribution in [0.15, 0.2) is 17.5 Å². The van der Waals surface area contributed by atoms with E-state index in [-0.39, 0.29) is 29.8 Å². The topological polar surface area (TPSA) is 75.8 Å². The molecule has 2 atom stereocenters. The molecule has 0 spiro atoms. The van der Waals surface area contributed by atoms with E-state index in [1.54, 1.807) is 11.3 Å². The lowest BCUT2D eigenvalue weighted by Crippen LogP contribution is -2.51. The van der Waals surface area contributed by atoms with E-state index in [9.17, 15) is 9.90 Å². The molecule has 2 unspecified atom stereocenters. The Bertz CT molecular complexity index is 549. The minimum Gasteiger partial charge on any atom is -0.387 e. The van der Waals surface area contributed by atoms with Crippen LogP contribution in [-0.2, 0) is 9.53 Å². The third kappa shape index (κ3) is 5.20. The van der Waals surface area contributed by atoms with E-state index in [1.807, 2.05) is 22.4 Å². The van der Waals surface area contributed by atoms with Gasteiger partial charge in [-0.15, -0.1) is 23.7 Å². The van der Waals surface area contributed by atoms with Gasteiger partial charge in [-0.25, -0.2) is 0 Å². The number of aliphatic hydroxyl groups is 1. The Labute approximate surface area is 166 Å². The zero-order valence-electron chi connectivity index (χ0n) is 15.3. The van der Waals surface area contributed by atoms with Gasteiger partial charge in [-0.05, 0) is 36.2 Å². The molecular formula is C19H31ClN2O3S. The van der Waals surface area contributed by atoms with Gasteiger partial charge in [-0.1, -0.05) is 25.3 Å². The molecule has 7 heteroatoms. The Kier molecular flexibility index (Phi) is 8.36. The maximum Gasteiger partial charge on any atom is 0.223 e. The lowest BCUT2D eigenvalue weighted by atomic mass is 9.71. The summed E-state index contributed by atoms with van der Waals surface area (Å²) in [4.78, 5) is 15.9. The Morgan fingerprint density at radius 1 is 1.42 bits per heavy atom. The summed E-state index contributed by atoms with van der Waals surface area (Å²) in [6.07, 6.45) is 6.24. The Morgan fingerprint density at radius 2 is 2.19 bits per heavy atom. The van der Waals surface area contributed by atoms with Crippen molar-refractivity contribution in [3.8, 4) is 0 Å². The van der Waals surface area contributed by atoms with Gasteiger partial charge < -0.3 is 20.5 Å². The number of rotatable bonds is 6. The molecule has 1 aliphatic carbocycles. The van der Waals surface area contributed by atoms with Crippen LogP contribution in [0.2, 0.25) is 0 Å². The molecule has 2 aliphatic rings. The van der Waals surface area contributed by atoms with E-state index in [1.165, 1.54) is 19.3 Å². The average molecular weight is 403 g/mol. The smallest absolute Gasteiger partial charge is 0.223 e. The number of hydrogen-bond acceptors (Lipinski definition) is 5. The van der Waals surface area contributed by atoms with Gasteiger partial charge in [0.2, 0.25) is 5.91 Å². The molecule has 0 aromatic carbocycles. The SMILES string of the molecule is Cl.NCC1(CC(=O)N2CCOCC2CC(O)c2cccs2)CCCCC1. The van der Waals surface area contributed by atoms with Crippen LogP contribution in [0.1, 0.15) is 55.9 Å². The molecule has 1 aromatic heterocycles. The molecule has 148 valence electrons. The Morgan fingerprint density at radius 3 is 2.85 bits per heavy atom. The third-order valence-corrected chi connectivity index (χ3v) is 6.76. The Hall–Kier alpha value is -0.660. The third-order valence-electron chi connectivity index (χ3n) is 5.79. The van der Waals surface area contributed by atoms with Crippen molar-refractivity contribution in [2.24, 2.45) is 11.1 Å². The highest BCUT2D eigenvalue weighted by Gasteiger charge is 2.37. The maximum absolute atomic E-state index is 13.0. The molecule has 3 rings (SSSR count). The lowest BCUT2D eigenvalue weighted by molar-refractivity contribution is -0.144. The van der Waals surface area contributed by atoms with E-state index in [4.69, 9.17) is 10.5 Å². The Balaban J connectivity index is 0.00000243. The second-order valence-electron chi connectivity index (χ2n) is 7.52. The van der Waals surface area contributed by atoms with Crippen molar-refractivity contribution < 1.29 is 14.6 Å². The van der Waals surface area contributed by atoms with Gasteiger partial charge in [0, 0.05) is 24.3 Å². The number of halogens is 1. The van der Waals surface area contributed by atoms with Crippen LogP contribution in [0, 0.1) is 5.41 Å². The van der Waals surface area contributed by atoms with Gasteiger partial charge in [0.15, 0.2) is 0 Å². The van der Waals surface area contributed by atoms with Crippen molar-refractivity contribution in [3.05, 3.63) is 22.4 Å². The first-order valence-electron chi connectivity index (χ1n) is 9.42. The molecule has 2 heterocycles. The van der Waals surface area contributed by atoms with Crippen molar-refractivity contribution in [1.29, 1.82) is 0 Å². The van der Waals surface area contributed by atoms with Gasteiger partial charge in [0.05, 0.1) is 25.4 Å². The molecule has 1 amide bonds. The van der Waals surface area contributed by atoms with Crippen molar-refractivity contribution >= 4 is 29.7 Å². The summed E-state index contributed by atoms with van der Waals surface area (Å²) in [5, 5.41) is 12.4. The molecule has 0 radical (unpaired) electrons. The minimum absolute atomic E-state index is 0. The number of morpholine rings is 1. The van der Waals surface area contributed by atoms with E-state index in [0.29, 0.717) is 39.1 Å². The van der Waals surface area contributed by atoms with Crippen LogP contribution in [0.25, 0.3) is 0 Å². The predicted octanol–water partition coefficient (Wildman–Crippen LogP) is 3.12. The van der Waals surface area contributed by atoms with Crippen molar-refractivity contribution in [3.63, 3.8) is 0 Å². The number of thiophene rings is 1. The first kappa shape index (κ1) is 21.6. The molecule has 2 fully saturated rings. The van der Waals surface area contributed by atoms with Crippen LogP contribution in [0.5, 0.6) is 0 Å². The van der Waals surface area contributed by atoms with E-state index >= 15 is 0 Å². The zero-order valence-corrected chi connectivity index (χ0v) is 16.9. The highest BCUT2D eigenvalue weighted by Crippen LogP contribution is 2.39. The fourth-order valence-corrected chi connectivity index (χ4v) is 4.94. The molecule has 0 bridgehead atoms. The van der Waals surface area contributed by atoms with Gasteiger partial charge >= 0.3 is 0 Å². The summed E-state index contributed by atoms with van der Waals surface area (Å²) < 4.78 is 5.60. The lowest BCUT2D eigenvalue weighted by Gasteiger charge is -2.41. The number of nitrogens with zero attached hydrogens (tertiary/aromatic N) is 1. The van der Waals surface area contributed by atoms with E-state index in [2.05, 4.69) is 0 Å². The standard InChI is InChI=1S/C19H30N2O3S.ClH/c20-14-19(6-2-1-3-7-19)12-18(23)21-8-9-24-13-15(21)11-16(22)17-5-4-10-25-17;/h4-5,10,15-16,22H,1-3,6-9,11-14,20H2;1H. The summed E-state index contributed by atoms with van der Waals surface area (Å²) in [6.45, 7) is 2.28. The summed E-state index contributed by atoms with van der Waals surface area (Å²) >= 11 is 1.55. The van der Waals surface area contributed by atoms with Crippen molar-refractivity contribution in [1.82, 2.24) is 4.90 Å². The number of carbonyl (C=O) groups is 1. The number of nitrogens with two attached hydrogens (primary N) is 1. The second-order valence-corrected chi connectivity index (χ2v) is 8.50. The maximum atomic E-state index is 13.0. The highest BCUT2D eigenvalue weighted by atomic mass is 35.5. The minimum atomic E-state index is -0.542. The van der Waals surface area contributed by atoms with Gasteiger partial charge in [-0.2, -0.15) is 0 Å². The fraction of sp³-hybridized carbons (Fsp3) is 0.737. The highest BCUT2D eigenvalue weighted by molar-refractivity contribution is 7.10. The molecule has 1 saturated carbocycles. The molecule has 1 saturated heterocycles. The quantitative estimate of drug-likeness (QED) is 0.766. The number of aliphatic hydroxyl groups excluding tert-OH is 1. The number of carbonyl (C=O) groups excluding carboxylic acids is 1. The number of hydrogen-bond donors (Lipinski definition) is 2. The summed E-state index contributed by atoms with van der Waals surface area (Å²) in [5.41, 5.74) is 6.04. The number of ether oxygens (including phenoxy) is 1. The first-order chi connectivity index (χ1) is 12.1. The number of amides is 1. The molecule has 26 heavy (non-hydrogen) atoms. The zero-order chi connectivity index (χ0) is 17.7. The average Bonchev–Trinajstić information content (AvgIpc) is 3.18. The van der Waals surface area contributed by atoms with Crippen molar-refractivity contribution in [2.45, 2.75) is 57.1 Å². The summed E-state index contributed by atoms with van der Waals surface area (Å²) in [7, 11) is 0. The summed E-state index contributed by atoms with van der Waals surface area (Å²) in [6, 6.07) is 3.82. The van der Waals surface area contributed by atoms with Crippen molar-refractivity contribution in [2.75, 3.05) is 26.3 Å². The molecule has 5 nitrogen and oxygen atoms in total. The van der Waals surface area contributed by atoms with Crippen LogP contribution < -0.4 is 5.73 Å². The van der Waals surface area contributed by atoms with Gasteiger partial charge in [0.1, 0.15) is 0 Å².